The topological polar surface area (TPSA) is 97.0 Å². The first-order valence-electron chi connectivity index (χ1n) is 9.42. The van der Waals surface area contributed by atoms with Crippen LogP contribution in [0.2, 0.25) is 0 Å². The van der Waals surface area contributed by atoms with Crippen LogP contribution in [0.1, 0.15) is 17.3 Å². The molecule has 34 heavy (non-hydrogen) atoms. The van der Waals surface area contributed by atoms with Crippen molar-refractivity contribution in [3.8, 4) is 11.5 Å². The van der Waals surface area contributed by atoms with Crippen molar-refractivity contribution in [2.24, 2.45) is 0 Å². The van der Waals surface area contributed by atoms with E-state index in [0.717, 1.165) is 18.2 Å². The Bertz CT molecular complexity index is 1100. The minimum Gasteiger partial charge on any atom is -0.493 e. The van der Waals surface area contributed by atoms with E-state index in [1.54, 1.807) is 6.92 Å². The first-order chi connectivity index (χ1) is 15.8. The lowest BCUT2D eigenvalue weighted by molar-refractivity contribution is -0.274. The Labute approximate surface area is 187 Å². The van der Waals surface area contributed by atoms with E-state index in [4.69, 9.17) is 4.74 Å². The molecule has 2 aromatic rings. The highest BCUT2D eigenvalue weighted by atomic mass is 19.4. The molecular formula is C20H15F6N3O5. The number of nitrogens with zero attached hydrogens (tertiary/aromatic N) is 1. The van der Waals surface area contributed by atoms with Crippen molar-refractivity contribution in [1.29, 1.82) is 0 Å². The summed E-state index contributed by atoms with van der Waals surface area (Å²) in [5.41, 5.74) is -4.67. The van der Waals surface area contributed by atoms with E-state index >= 15 is 0 Å². The molecule has 0 aromatic heterocycles. The van der Waals surface area contributed by atoms with Crippen molar-refractivity contribution in [3.05, 3.63) is 54.1 Å². The number of alkyl halides is 6. The Morgan fingerprint density at radius 3 is 2.21 bits per heavy atom. The van der Waals surface area contributed by atoms with Crippen LogP contribution < -0.4 is 25.0 Å². The lowest BCUT2D eigenvalue weighted by atomic mass is 10.1. The molecule has 8 nitrogen and oxygen atoms in total. The second kappa shape index (κ2) is 8.76. The molecule has 1 saturated heterocycles. The number of halogens is 6. The molecule has 1 fully saturated rings. The van der Waals surface area contributed by atoms with E-state index in [9.17, 15) is 40.7 Å². The highest BCUT2D eigenvalue weighted by molar-refractivity contribution is 6.24. The number of amides is 4. The van der Waals surface area contributed by atoms with E-state index < -0.39 is 47.5 Å². The molecule has 1 atom stereocenters. The van der Waals surface area contributed by atoms with Crippen LogP contribution in [-0.4, -0.2) is 42.7 Å². The van der Waals surface area contributed by atoms with E-state index in [1.807, 2.05) is 0 Å². The third-order valence-corrected chi connectivity index (χ3v) is 4.51. The number of carbonyl (C=O) groups excluding carboxylic acids is 3. The van der Waals surface area contributed by atoms with Crippen LogP contribution in [0.15, 0.2) is 48.5 Å². The SMILES string of the molecule is CCOc1ccccc1C(=O)NC1(C(F)(F)F)NC(=O)N(c2ccc(OC(F)(F)F)cc2)C1=O. The zero-order valence-electron chi connectivity index (χ0n) is 17.1. The highest BCUT2D eigenvalue weighted by Crippen LogP contribution is 2.37. The van der Waals surface area contributed by atoms with Gasteiger partial charge >= 0.3 is 18.6 Å². The summed E-state index contributed by atoms with van der Waals surface area (Å²) in [7, 11) is 0. The summed E-state index contributed by atoms with van der Waals surface area (Å²) in [6.07, 6.45) is -10.5. The predicted octanol–water partition coefficient (Wildman–Crippen LogP) is 3.73. The van der Waals surface area contributed by atoms with Gasteiger partial charge in [0.2, 0.25) is 0 Å². The molecule has 0 bridgehead atoms. The van der Waals surface area contributed by atoms with Gasteiger partial charge in [0, 0.05) is 0 Å². The molecule has 4 amide bonds. The van der Waals surface area contributed by atoms with Crippen LogP contribution in [0.25, 0.3) is 0 Å². The van der Waals surface area contributed by atoms with Gasteiger partial charge in [-0.2, -0.15) is 13.2 Å². The average molecular weight is 491 g/mol. The maximum Gasteiger partial charge on any atom is 0.573 e. The number of nitrogens with one attached hydrogen (secondary N) is 2. The predicted molar refractivity (Wildman–Crippen MR) is 103 cm³/mol. The zero-order valence-corrected chi connectivity index (χ0v) is 17.1. The van der Waals surface area contributed by atoms with Gasteiger partial charge in [0.1, 0.15) is 11.5 Å². The van der Waals surface area contributed by atoms with Gasteiger partial charge in [0.05, 0.1) is 17.9 Å². The molecule has 14 heteroatoms. The average Bonchev–Trinajstić information content (AvgIpc) is 2.98. The van der Waals surface area contributed by atoms with Crippen LogP contribution >= 0.6 is 0 Å². The van der Waals surface area contributed by atoms with E-state index in [-0.39, 0.29) is 22.8 Å². The van der Waals surface area contributed by atoms with Crippen molar-refractivity contribution >= 4 is 23.5 Å². The summed E-state index contributed by atoms with van der Waals surface area (Å²) < 4.78 is 87.9. The molecule has 1 aliphatic heterocycles. The molecule has 1 aliphatic rings. The Balaban J connectivity index is 1.95. The van der Waals surface area contributed by atoms with Crippen molar-refractivity contribution < 1.29 is 50.2 Å². The molecule has 0 saturated carbocycles. The van der Waals surface area contributed by atoms with Gasteiger partial charge in [0.25, 0.3) is 17.5 Å². The largest absolute Gasteiger partial charge is 0.573 e. The summed E-state index contributed by atoms with van der Waals surface area (Å²) in [5.74, 6) is -4.08. The van der Waals surface area contributed by atoms with Crippen LogP contribution in [0, 0.1) is 0 Å². The number of urea groups is 1. The normalized spacial score (nSPS) is 18.5. The number of benzene rings is 2. The fourth-order valence-electron chi connectivity index (χ4n) is 3.08. The fraction of sp³-hybridized carbons (Fsp3) is 0.250. The Hall–Kier alpha value is -3.97. The minimum absolute atomic E-state index is 0.0413. The third-order valence-electron chi connectivity index (χ3n) is 4.51. The monoisotopic (exact) mass is 491 g/mol. The van der Waals surface area contributed by atoms with Crippen LogP contribution in [0.4, 0.5) is 36.8 Å². The summed E-state index contributed by atoms with van der Waals surface area (Å²) in [6.45, 7) is 1.67. The number of imide groups is 1. The molecule has 1 unspecified atom stereocenters. The Kier molecular flexibility index (Phi) is 6.35. The van der Waals surface area contributed by atoms with Crippen molar-refractivity contribution in [2.45, 2.75) is 25.1 Å². The lowest BCUT2D eigenvalue weighted by Gasteiger charge is -2.30. The van der Waals surface area contributed by atoms with Gasteiger partial charge in [-0.1, -0.05) is 12.1 Å². The molecule has 2 N–H and O–H groups in total. The van der Waals surface area contributed by atoms with Crippen molar-refractivity contribution in [3.63, 3.8) is 0 Å². The number of ether oxygens (including phenoxy) is 2. The van der Waals surface area contributed by atoms with Crippen LogP contribution in [0.5, 0.6) is 11.5 Å². The van der Waals surface area contributed by atoms with Crippen LogP contribution in [-0.2, 0) is 4.79 Å². The van der Waals surface area contributed by atoms with E-state index in [2.05, 4.69) is 4.74 Å². The minimum atomic E-state index is -5.50. The lowest BCUT2D eigenvalue weighted by Crippen LogP contribution is -2.69. The molecular weight excluding hydrogens is 476 g/mol. The number of rotatable bonds is 6. The second-order valence-electron chi connectivity index (χ2n) is 6.74. The molecule has 3 rings (SSSR count). The van der Waals surface area contributed by atoms with Gasteiger partial charge < -0.3 is 14.8 Å². The van der Waals surface area contributed by atoms with E-state index in [1.165, 1.54) is 28.8 Å². The summed E-state index contributed by atoms with van der Waals surface area (Å²) in [4.78, 5) is 37.9. The van der Waals surface area contributed by atoms with Gasteiger partial charge in [-0.25, -0.2) is 9.69 Å². The molecule has 0 spiro atoms. The van der Waals surface area contributed by atoms with Crippen molar-refractivity contribution in [2.75, 3.05) is 11.5 Å². The Morgan fingerprint density at radius 1 is 1.03 bits per heavy atom. The summed E-state index contributed by atoms with van der Waals surface area (Å²) >= 11 is 0. The first kappa shape index (κ1) is 24.7. The number of hydrogen-bond donors (Lipinski definition) is 2. The zero-order chi connectivity index (χ0) is 25.3. The number of carbonyl (C=O) groups is 3. The number of hydrogen-bond acceptors (Lipinski definition) is 5. The fourth-order valence-corrected chi connectivity index (χ4v) is 3.08. The maximum absolute atomic E-state index is 14.1. The number of para-hydroxylation sites is 1. The standard InChI is InChI=1S/C20H15F6N3O5/c1-2-33-14-6-4-3-5-13(14)15(30)27-18(19(21,22)23)16(31)29(17(32)28-18)11-7-9-12(10-8-11)34-20(24,25)26/h3-10H,2H2,1H3,(H,27,30)(H,28,32). The quantitative estimate of drug-likeness (QED) is 0.474. The van der Waals surface area contributed by atoms with Gasteiger partial charge in [-0.15, -0.1) is 13.2 Å². The van der Waals surface area contributed by atoms with Gasteiger partial charge in [0.15, 0.2) is 0 Å². The number of anilines is 1. The van der Waals surface area contributed by atoms with Crippen molar-refractivity contribution in [1.82, 2.24) is 10.6 Å². The second-order valence-corrected chi connectivity index (χ2v) is 6.74. The maximum atomic E-state index is 14.1. The van der Waals surface area contributed by atoms with Crippen LogP contribution in [0.3, 0.4) is 0 Å². The van der Waals surface area contributed by atoms with E-state index in [0.29, 0.717) is 12.1 Å². The third kappa shape index (κ3) is 4.70. The Morgan fingerprint density at radius 2 is 1.65 bits per heavy atom. The smallest absolute Gasteiger partial charge is 0.493 e. The van der Waals surface area contributed by atoms with Gasteiger partial charge in [-0.3, -0.25) is 14.9 Å². The molecule has 1 heterocycles. The summed E-state index contributed by atoms with van der Waals surface area (Å²) in [6, 6.07) is 6.69. The van der Waals surface area contributed by atoms with Gasteiger partial charge in [-0.05, 0) is 43.3 Å². The molecule has 0 radical (unpaired) electrons. The molecule has 0 aliphatic carbocycles. The molecule has 182 valence electrons. The first-order valence-corrected chi connectivity index (χ1v) is 9.42. The molecule has 2 aromatic carbocycles. The highest BCUT2D eigenvalue weighted by Gasteiger charge is 2.69. The summed E-state index contributed by atoms with van der Waals surface area (Å²) in [5, 5.41) is 2.97.